The molecule has 1 fully saturated rings. The number of aliphatic hydroxyl groups is 2. The van der Waals surface area contributed by atoms with E-state index < -0.39 is 18.3 Å². The van der Waals surface area contributed by atoms with Crippen LogP contribution in [-0.2, 0) is 14.2 Å². The molecule has 0 aliphatic carbocycles. The number of likely N-dealkylation sites (N-methyl/N-ethyl adjacent to an activating group) is 1. The van der Waals surface area contributed by atoms with Crippen LogP contribution in [0.1, 0.15) is 6.92 Å². The normalized spacial score (nSPS) is 32.7. The first-order chi connectivity index (χ1) is 8.66. The van der Waals surface area contributed by atoms with E-state index in [1.165, 1.54) is 0 Å². The number of hydrogen-bond donors (Lipinski definition) is 3. The van der Waals surface area contributed by atoms with Crippen LogP contribution in [0.2, 0.25) is 0 Å². The fraction of sp³-hybridized carbons (Fsp3) is 1.00. The summed E-state index contributed by atoms with van der Waals surface area (Å²) in [5.41, 5.74) is 0. The van der Waals surface area contributed by atoms with Crippen LogP contribution in [0.15, 0.2) is 0 Å². The van der Waals surface area contributed by atoms with Gasteiger partial charge in [-0.05, 0) is 7.05 Å². The number of aliphatic hydroxyl groups excluding tert-OH is 2. The summed E-state index contributed by atoms with van der Waals surface area (Å²) < 4.78 is 16.1. The van der Waals surface area contributed by atoms with Gasteiger partial charge in [-0.2, -0.15) is 0 Å². The highest BCUT2D eigenvalue weighted by atomic mass is 16.6. The number of hydrogen-bond acceptors (Lipinski definition) is 6. The highest BCUT2D eigenvalue weighted by molar-refractivity contribution is 4.84. The lowest BCUT2D eigenvalue weighted by molar-refractivity contribution is -0.177. The fourth-order valence-electron chi connectivity index (χ4n) is 1.77. The second-order valence-corrected chi connectivity index (χ2v) is 4.62. The zero-order valence-corrected chi connectivity index (χ0v) is 11.2. The summed E-state index contributed by atoms with van der Waals surface area (Å²) in [7, 11) is 1.87. The van der Waals surface area contributed by atoms with Gasteiger partial charge in [-0.25, -0.2) is 0 Å². The standard InChI is InChI=1S/C12H25NO5/c1-9-7-18-10(12(15)11(9)14)8-17-6-5-16-4-3-13-2/h9-15H,3-8H2,1-2H3/t9-,10-,11-,12+/m1/s1. The Morgan fingerprint density at radius 3 is 2.61 bits per heavy atom. The third-order valence-corrected chi connectivity index (χ3v) is 3.04. The molecule has 1 aliphatic rings. The minimum absolute atomic E-state index is 0.0406. The molecule has 0 aromatic heterocycles. The molecule has 4 atom stereocenters. The van der Waals surface area contributed by atoms with Gasteiger partial charge in [0.05, 0.1) is 39.1 Å². The summed E-state index contributed by atoms with van der Waals surface area (Å²) in [4.78, 5) is 0. The molecule has 0 amide bonds. The van der Waals surface area contributed by atoms with E-state index in [0.29, 0.717) is 26.4 Å². The van der Waals surface area contributed by atoms with Crippen LogP contribution >= 0.6 is 0 Å². The first kappa shape index (κ1) is 15.8. The van der Waals surface area contributed by atoms with Crippen molar-refractivity contribution in [2.24, 2.45) is 5.92 Å². The summed E-state index contributed by atoms with van der Waals surface area (Å²) in [5.74, 6) is -0.0406. The highest BCUT2D eigenvalue weighted by Crippen LogP contribution is 2.20. The average molecular weight is 263 g/mol. The van der Waals surface area contributed by atoms with Gasteiger partial charge in [-0.3, -0.25) is 0 Å². The van der Waals surface area contributed by atoms with Crippen molar-refractivity contribution >= 4 is 0 Å². The van der Waals surface area contributed by atoms with Gasteiger partial charge in [0, 0.05) is 12.5 Å². The summed E-state index contributed by atoms with van der Waals surface area (Å²) in [6.45, 7) is 5.02. The van der Waals surface area contributed by atoms with Gasteiger partial charge in [0.15, 0.2) is 0 Å². The molecule has 6 nitrogen and oxygen atoms in total. The predicted molar refractivity (Wildman–Crippen MR) is 66.5 cm³/mol. The molecule has 1 saturated heterocycles. The van der Waals surface area contributed by atoms with Gasteiger partial charge in [0.25, 0.3) is 0 Å². The monoisotopic (exact) mass is 263 g/mol. The lowest BCUT2D eigenvalue weighted by Crippen LogP contribution is -2.51. The molecule has 0 saturated carbocycles. The van der Waals surface area contributed by atoms with Crippen molar-refractivity contribution in [3.05, 3.63) is 0 Å². The maximum atomic E-state index is 9.79. The van der Waals surface area contributed by atoms with Crippen molar-refractivity contribution in [3.8, 4) is 0 Å². The van der Waals surface area contributed by atoms with Crippen LogP contribution in [0.25, 0.3) is 0 Å². The second-order valence-electron chi connectivity index (χ2n) is 4.62. The van der Waals surface area contributed by atoms with E-state index in [0.717, 1.165) is 6.54 Å². The molecule has 18 heavy (non-hydrogen) atoms. The van der Waals surface area contributed by atoms with Crippen molar-refractivity contribution in [1.29, 1.82) is 0 Å². The Bertz CT molecular complexity index is 217. The topological polar surface area (TPSA) is 80.2 Å². The smallest absolute Gasteiger partial charge is 0.109 e. The molecule has 0 aromatic rings. The van der Waals surface area contributed by atoms with E-state index in [2.05, 4.69) is 5.32 Å². The Hall–Kier alpha value is -0.240. The zero-order chi connectivity index (χ0) is 13.4. The minimum Gasteiger partial charge on any atom is -0.390 e. The SMILES string of the molecule is CNCCOCCOC[C@H]1OC[C@@H](C)[C@@H](O)[C@H]1O. The summed E-state index contributed by atoms with van der Waals surface area (Å²) >= 11 is 0. The van der Waals surface area contributed by atoms with Crippen molar-refractivity contribution in [2.45, 2.75) is 25.2 Å². The molecule has 1 heterocycles. The predicted octanol–water partition coefficient (Wildman–Crippen LogP) is -1.00. The van der Waals surface area contributed by atoms with Crippen LogP contribution in [0.4, 0.5) is 0 Å². The highest BCUT2D eigenvalue weighted by Gasteiger charge is 2.35. The Morgan fingerprint density at radius 1 is 1.17 bits per heavy atom. The van der Waals surface area contributed by atoms with E-state index in [4.69, 9.17) is 14.2 Å². The Labute approximate surface area is 108 Å². The fourth-order valence-corrected chi connectivity index (χ4v) is 1.77. The van der Waals surface area contributed by atoms with Gasteiger partial charge in [0.2, 0.25) is 0 Å². The summed E-state index contributed by atoms with van der Waals surface area (Å²) in [6.07, 6.45) is -2.06. The maximum Gasteiger partial charge on any atom is 0.109 e. The van der Waals surface area contributed by atoms with Crippen molar-refractivity contribution < 1.29 is 24.4 Å². The van der Waals surface area contributed by atoms with Gasteiger partial charge >= 0.3 is 0 Å². The van der Waals surface area contributed by atoms with Crippen molar-refractivity contribution in [2.75, 3.05) is 46.6 Å². The third kappa shape index (κ3) is 5.17. The number of rotatable bonds is 8. The number of ether oxygens (including phenoxy) is 3. The summed E-state index contributed by atoms with van der Waals surface area (Å²) in [6, 6.07) is 0. The molecule has 1 aliphatic heterocycles. The van der Waals surface area contributed by atoms with Crippen LogP contribution < -0.4 is 5.32 Å². The van der Waals surface area contributed by atoms with Gasteiger partial charge < -0.3 is 29.7 Å². The van der Waals surface area contributed by atoms with Gasteiger partial charge in [0.1, 0.15) is 12.2 Å². The molecule has 0 radical (unpaired) electrons. The minimum atomic E-state index is -0.876. The van der Waals surface area contributed by atoms with Gasteiger partial charge in [-0.1, -0.05) is 6.92 Å². The maximum absolute atomic E-state index is 9.79. The third-order valence-electron chi connectivity index (χ3n) is 3.04. The van der Waals surface area contributed by atoms with E-state index in [1.807, 2.05) is 14.0 Å². The lowest BCUT2D eigenvalue weighted by Gasteiger charge is -2.35. The van der Waals surface area contributed by atoms with Crippen LogP contribution in [0, 0.1) is 5.92 Å². The molecule has 1 rings (SSSR count). The Kier molecular flexibility index (Phi) is 7.73. The lowest BCUT2D eigenvalue weighted by atomic mass is 9.94. The Balaban J connectivity index is 2.05. The van der Waals surface area contributed by atoms with Crippen LogP contribution in [0.3, 0.4) is 0 Å². The van der Waals surface area contributed by atoms with Crippen molar-refractivity contribution in [1.82, 2.24) is 5.32 Å². The molecular weight excluding hydrogens is 238 g/mol. The largest absolute Gasteiger partial charge is 0.390 e. The Morgan fingerprint density at radius 2 is 1.89 bits per heavy atom. The van der Waals surface area contributed by atoms with Crippen molar-refractivity contribution in [3.63, 3.8) is 0 Å². The second kappa shape index (κ2) is 8.79. The van der Waals surface area contributed by atoms with Gasteiger partial charge in [-0.15, -0.1) is 0 Å². The first-order valence-electron chi connectivity index (χ1n) is 6.44. The molecule has 0 spiro atoms. The molecule has 0 bridgehead atoms. The first-order valence-corrected chi connectivity index (χ1v) is 6.44. The average Bonchev–Trinajstić information content (AvgIpc) is 2.37. The van der Waals surface area contributed by atoms with E-state index >= 15 is 0 Å². The molecular formula is C12H25NO5. The van der Waals surface area contributed by atoms with E-state index in [9.17, 15) is 10.2 Å². The number of nitrogens with one attached hydrogen (secondary N) is 1. The quantitative estimate of drug-likeness (QED) is 0.487. The molecule has 108 valence electrons. The molecule has 0 unspecified atom stereocenters. The van der Waals surface area contributed by atoms with E-state index in [1.54, 1.807) is 0 Å². The van der Waals surface area contributed by atoms with Crippen LogP contribution in [-0.4, -0.2) is 75.2 Å². The molecule has 3 N–H and O–H groups in total. The van der Waals surface area contributed by atoms with Crippen LogP contribution in [0.5, 0.6) is 0 Å². The van der Waals surface area contributed by atoms with E-state index in [-0.39, 0.29) is 12.5 Å². The zero-order valence-electron chi connectivity index (χ0n) is 11.2. The molecule has 6 heteroatoms. The molecule has 0 aromatic carbocycles. The summed E-state index contributed by atoms with van der Waals surface area (Å²) in [5, 5.41) is 22.5.